The van der Waals surface area contributed by atoms with Gasteiger partial charge in [-0.25, -0.2) is 14.5 Å². The maximum Gasteiger partial charge on any atom is 0.317 e. The maximum atomic E-state index is 12.4. The number of likely N-dealkylation sites (tertiary alicyclic amines) is 1. The predicted molar refractivity (Wildman–Crippen MR) is 99.5 cm³/mol. The summed E-state index contributed by atoms with van der Waals surface area (Å²) in [5, 5.41) is 16.5. The van der Waals surface area contributed by atoms with Gasteiger partial charge in [0.05, 0.1) is 11.6 Å². The Morgan fingerprint density at radius 3 is 2.67 bits per heavy atom. The van der Waals surface area contributed by atoms with Gasteiger partial charge in [0, 0.05) is 31.5 Å². The van der Waals surface area contributed by atoms with Crippen molar-refractivity contribution in [1.29, 1.82) is 0 Å². The molecule has 1 aliphatic heterocycles. The molecule has 2 aromatic heterocycles. The number of aryl methyl sites for hydroxylation is 2. The van der Waals surface area contributed by atoms with Crippen LogP contribution in [0.15, 0.2) is 24.4 Å². The summed E-state index contributed by atoms with van der Waals surface area (Å²) in [6.07, 6.45) is 2.32. The van der Waals surface area contributed by atoms with Crippen LogP contribution in [-0.2, 0) is 11.3 Å². The Kier molecular flexibility index (Phi) is 5.43. The number of carbonyl (C=O) groups excluding carboxylic acids is 1. The van der Waals surface area contributed by atoms with Crippen molar-refractivity contribution in [3.63, 3.8) is 0 Å². The van der Waals surface area contributed by atoms with E-state index in [1.807, 2.05) is 39.0 Å². The van der Waals surface area contributed by atoms with Crippen molar-refractivity contribution >= 4 is 12.0 Å². The Balaban J connectivity index is 1.59. The molecule has 2 N–H and O–H groups in total. The summed E-state index contributed by atoms with van der Waals surface area (Å²) >= 11 is 0. The van der Waals surface area contributed by atoms with Gasteiger partial charge in [-0.3, -0.25) is 4.79 Å². The van der Waals surface area contributed by atoms with Crippen LogP contribution in [-0.4, -0.2) is 49.9 Å². The smallest absolute Gasteiger partial charge is 0.317 e. The van der Waals surface area contributed by atoms with Crippen molar-refractivity contribution in [2.24, 2.45) is 11.8 Å². The molecule has 0 aromatic carbocycles. The highest BCUT2D eigenvalue weighted by Gasteiger charge is 2.31. The second-order valence-corrected chi connectivity index (χ2v) is 7.30. The highest BCUT2D eigenvalue weighted by atomic mass is 16.4. The Hall–Kier alpha value is -2.90. The molecule has 2 aromatic rings. The summed E-state index contributed by atoms with van der Waals surface area (Å²) in [5.74, 6) is -0.443. The van der Waals surface area contributed by atoms with Gasteiger partial charge in [0.2, 0.25) is 0 Å². The first kappa shape index (κ1) is 18.9. The van der Waals surface area contributed by atoms with Gasteiger partial charge in [0.15, 0.2) is 5.82 Å². The summed E-state index contributed by atoms with van der Waals surface area (Å²) < 4.78 is 1.78. The lowest BCUT2D eigenvalue weighted by atomic mass is 9.91. The van der Waals surface area contributed by atoms with Crippen molar-refractivity contribution in [3.05, 3.63) is 41.3 Å². The molecule has 1 aliphatic rings. The molecule has 144 valence electrons. The van der Waals surface area contributed by atoms with Crippen molar-refractivity contribution in [1.82, 2.24) is 25.0 Å². The van der Waals surface area contributed by atoms with Crippen LogP contribution in [0.5, 0.6) is 0 Å². The third kappa shape index (κ3) is 4.45. The minimum absolute atomic E-state index is 0.173. The summed E-state index contributed by atoms with van der Waals surface area (Å²) in [4.78, 5) is 29.7. The maximum absolute atomic E-state index is 12.4. The molecule has 0 bridgehead atoms. The third-order valence-corrected chi connectivity index (χ3v) is 4.78. The van der Waals surface area contributed by atoms with E-state index in [0.717, 1.165) is 22.8 Å². The fraction of sp³-hybridized carbons (Fsp3) is 0.474. The number of aliphatic carboxylic acids is 1. The molecule has 0 saturated carbocycles. The molecule has 27 heavy (non-hydrogen) atoms. The molecule has 8 nitrogen and oxygen atoms in total. The van der Waals surface area contributed by atoms with Crippen LogP contribution in [0.4, 0.5) is 4.79 Å². The number of piperidine rings is 1. The molecule has 2 amide bonds. The number of carbonyl (C=O) groups is 2. The molecule has 2 atom stereocenters. The van der Waals surface area contributed by atoms with Crippen LogP contribution in [0.3, 0.4) is 0 Å². The van der Waals surface area contributed by atoms with E-state index >= 15 is 0 Å². The molecular formula is C19H25N5O3. The largest absolute Gasteiger partial charge is 0.481 e. The standard InChI is InChI=1S/C19H25N5O3/c1-12-6-16(18(25)26)11-23(10-12)19(27)21-9-15-4-5-17(20-8-15)24-14(3)7-13(2)22-24/h4-5,7-8,12,16H,6,9-11H2,1-3H3,(H,21,27)(H,25,26). The molecule has 0 aliphatic carbocycles. The quantitative estimate of drug-likeness (QED) is 0.858. The number of aromatic nitrogens is 3. The Morgan fingerprint density at radius 1 is 1.30 bits per heavy atom. The molecule has 0 radical (unpaired) electrons. The number of hydrogen-bond acceptors (Lipinski definition) is 4. The lowest BCUT2D eigenvalue weighted by Gasteiger charge is -2.34. The second-order valence-electron chi connectivity index (χ2n) is 7.30. The van der Waals surface area contributed by atoms with Gasteiger partial charge in [0.1, 0.15) is 0 Å². The van der Waals surface area contributed by atoms with Gasteiger partial charge in [0.25, 0.3) is 0 Å². The zero-order chi connectivity index (χ0) is 19.6. The summed E-state index contributed by atoms with van der Waals surface area (Å²) in [7, 11) is 0. The van der Waals surface area contributed by atoms with Gasteiger partial charge >= 0.3 is 12.0 Å². The topological polar surface area (TPSA) is 100 Å². The van der Waals surface area contributed by atoms with Crippen LogP contribution in [0.2, 0.25) is 0 Å². The number of rotatable bonds is 4. The lowest BCUT2D eigenvalue weighted by Crippen LogP contribution is -2.49. The van der Waals surface area contributed by atoms with E-state index in [0.29, 0.717) is 19.5 Å². The summed E-state index contributed by atoms with van der Waals surface area (Å²) in [5.41, 5.74) is 2.81. The fourth-order valence-electron chi connectivity index (χ4n) is 3.49. The molecule has 3 heterocycles. The number of pyridine rings is 1. The van der Waals surface area contributed by atoms with Crippen LogP contribution in [0.1, 0.15) is 30.3 Å². The van der Waals surface area contributed by atoms with Crippen molar-refractivity contribution in [2.75, 3.05) is 13.1 Å². The average Bonchev–Trinajstić information content (AvgIpc) is 2.97. The zero-order valence-corrected chi connectivity index (χ0v) is 15.8. The molecular weight excluding hydrogens is 346 g/mol. The van der Waals surface area contributed by atoms with Crippen molar-refractivity contribution in [2.45, 2.75) is 33.7 Å². The van der Waals surface area contributed by atoms with Crippen LogP contribution >= 0.6 is 0 Å². The summed E-state index contributed by atoms with van der Waals surface area (Å²) in [6, 6.07) is 5.51. The van der Waals surface area contributed by atoms with Crippen LogP contribution in [0.25, 0.3) is 5.82 Å². The van der Waals surface area contributed by atoms with Gasteiger partial charge in [-0.05, 0) is 43.9 Å². The molecule has 2 unspecified atom stereocenters. The van der Waals surface area contributed by atoms with Gasteiger partial charge in [-0.15, -0.1) is 0 Å². The number of amides is 2. The highest BCUT2D eigenvalue weighted by Crippen LogP contribution is 2.21. The molecule has 1 saturated heterocycles. The highest BCUT2D eigenvalue weighted by molar-refractivity contribution is 5.76. The Labute approximate surface area is 158 Å². The van der Waals surface area contributed by atoms with E-state index in [1.54, 1.807) is 15.8 Å². The van der Waals surface area contributed by atoms with Crippen LogP contribution < -0.4 is 5.32 Å². The van der Waals surface area contributed by atoms with E-state index in [9.17, 15) is 14.7 Å². The van der Waals surface area contributed by atoms with Crippen LogP contribution in [0, 0.1) is 25.7 Å². The van der Waals surface area contributed by atoms with Gasteiger partial charge in [-0.2, -0.15) is 5.10 Å². The average molecular weight is 371 g/mol. The van der Waals surface area contributed by atoms with Crippen molar-refractivity contribution in [3.8, 4) is 5.82 Å². The first-order chi connectivity index (χ1) is 12.8. The molecule has 3 rings (SSSR count). The molecule has 0 spiro atoms. The number of nitrogens with one attached hydrogen (secondary N) is 1. The Morgan fingerprint density at radius 2 is 2.07 bits per heavy atom. The molecule has 8 heteroatoms. The third-order valence-electron chi connectivity index (χ3n) is 4.78. The number of hydrogen-bond donors (Lipinski definition) is 2. The van der Waals surface area contributed by atoms with E-state index in [4.69, 9.17) is 0 Å². The predicted octanol–water partition coefficient (Wildman–Crippen LogP) is 2.14. The minimum atomic E-state index is -0.844. The number of nitrogens with zero attached hydrogens (tertiary/aromatic N) is 4. The Bertz CT molecular complexity index is 830. The van der Waals surface area contributed by atoms with Gasteiger partial charge in [-0.1, -0.05) is 13.0 Å². The first-order valence-corrected chi connectivity index (χ1v) is 9.07. The number of carboxylic acid groups (broad SMARTS) is 1. The van der Waals surface area contributed by atoms with E-state index in [1.165, 1.54) is 0 Å². The van der Waals surface area contributed by atoms with E-state index in [-0.39, 0.29) is 18.5 Å². The number of urea groups is 1. The summed E-state index contributed by atoms with van der Waals surface area (Å²) in [6.45, 7) is 7.04. The fourth-order valence-corrected chi connectivity index (χ4v) is 3.49. The second kappa shape index (κ2) is 7.77. The monoisotopic (exact) mass is 371 g/mol. The SMILES string of the molecule is Cc1cc(C)n(-c2ccc(CNC(=O)N3CC(C)CC(C(=O)O)C3)cn2)n1. The lowest BCUT2D eigenvalue weighted by molar-refractivity contribution is -0.143. The first-order valence-electron chi connectivity index (χ1n) is 9.07. The van der Waals surface area contributed by atoms with E-state index in [2.05, 4.69) is 15.4 Å². The van der Waals surface area contributed by atoms with E-state index < -0.39 is 11.9 Å². The number of carboxylic acids is 1. The van der Waals surface area contributed by atoms with Gasteiger partial charge < -0.3 is 15.3 Å². The molecule has 1 fully saturated rings. The normalized spacial score (nSPS) is 19.7. The van der Waals surface area contributed by atoms with Crippen molar-refractivity contribution < 1.29 is 14.7 Å². The zero-order valence-electron chi connectivity index (χ0n) is 15.8. The minimum Gasteiger partial charge on any atom is -0.481 e.